The second kappa shape index (κ2) is 10.0. The first-order valence-electron chi connectivity index (χ1n) is 12.0. The predicted molar refractivity (Wildman–Crippen MR) is 140 cm³/mol. The molecular formula is C25H31ClN6O2S. The number of benzene rings is 1. The van der Waals surface area contributed by atoms with E-state index < -0.39 is 0 Å². The summed E-state index contributed by atoms with van der Waals surface area (Å²) < 4.78 is 7.45. The van der Waals surface area contributed by atoms with E-state index in [1.807, 2.05) is 37.3 Å². The smallest absolute Gasteiger partial charge is 0.262 e. The van der Waals surface area contributed by atoms with Crippen molar-refractivity contribution >= 4 is 40.1 Å². The molecule has 1 aromatic carbocycles. The number of nitrogens with zero attached hydrogens (tertiary/aromatic N) is 6. The molecule has 0 saturated carbocycles. The number of rotatable bonds is 6. The Kier molecular flexibility index (Phi) is 7.03. The Morgan fingerprint density at radius 1 is 1.20 bits per heavy atom. The summed E-state index contributed by atoms with van der Waals surface area (Å²) in [6.07, 6.45) is 8.99. The van der Waals surface area contributed by atoms with Gasteiger partial charge in [0.05, 0.1) is 47.4 Å². The maximum atomic E-state index is 13.1. The van der Waals surface area contributed by atoms with Crippen LogP contribution in [0, 0.1) is 5.41 Å². The van der Waals surface area contributed by atoms with E-state index in [1.54, 1.807) is 17.1 Å². The lowest BCUT2D eigenvalue weighted by atomic mass is 9.77. The first-order chi connectivity index (χ1) is 16.8. The Labute approximate surface area is 214 Å². The highest BCUT2D eigenvalue weighted by atomic mass is 35.5. The van der Waals surface area contributed by atoms with Crippen LogP contribution in [-0.4, -0.2) is 70.9 Å². The molecule has 0 unspecified atom stereocenters. The minimum absolute atomic E-state index is 0.129. The third kappa shape index (κ3) is 5.18. The number of piperidine rings is 1. The molecule has 5 rings (SSSR count). The molecule has 2 aliphatic heterocycles. The molecule has 4 heterocycles. The zero-order chi connectivity index (χ0) is 24.6. The maximum Gasteiger partial charge on any atom is 0.262 e. The summed E-state index contributed by atoms with van der Waals surface area (Å²) >= 11 is 8.11. The molecule has 0 amide bonds. The Balaban J connectivity index is 1.30. The summed E-state index contributed by atoms with van der Waals surface area (Å²) in [6.45, 7) is 6.29. The van der Waals surface area contributed by atoms with E-state index in [1.165, 1.54) is 11.8 Å². The standard InChI is InChI=1S/C25H31ClN6O2S/c1-17-12-25(15-34-17)6-8-31(9-7-25)20-13-28-21(14-27-20)35-19-5-4-18-22(23(19)26)24(33)32(16-29-18)11-10-30(2)3/h4-5,13-14,16-17H,6-12,15H2,1-3H3/t17-/m0/s1. The Morgan fingerprint density at radius 3 is 2.66 bits per heavy atom. The van der Waals surface area contributed by atoms with E-state index in [4.69, 9.17) is 16.3 Å². The van der Waals surface area contributed by atoms with Crippen LogP contribution in [0.5, 0.6) is 0 Å². The van der Waals surface area contributed by atoms with Gasteiger partial charge in [0.2, 0.25) is 0 Å². The van der Waals surface area contributed by atoms with E-state index in [-0.39, 0.29) is 5.56 Å². The number of hydrogen-bond acceptors (Lipinski definition) is 8. The van der Waals surface area contributed by atoms with Crippen LogP contribution < -0.4 is 10.5 Å². The van der Waals surface area contributed by atoms with E-state index >= 15 is 0 Å². The third-order valence-corrected chi connectivity index (χ3v) is 8.54. The van der Waals surface area contributed by atoms with E-state index in [2.05, 4.69) is 26.8 Å². The molecule has 2 aromatic heterocycles. The first kappa shape index (κ1) is 24.5. The topological polar surface area (TPSA) is 76.4 Å². The number of anilines is 1. The number of hydrogen-bond donors (Lipinski definition) is 0. The molecule has 35 heavy (non-hydrogen) atoms. The van der Waals surface area contributed by atoms with Crippen LogP contribution in [0.4, 0.5) is 5.82 Å². The van der Waals surface area contributed by atoms with Crippen molar-refractivity contribution in [2.24, 2.45) is 5.41 Å². The van der Waals surface area contributed by atoms with Gasteiger partial charge in [-0.05, 0) is 57.8 Å². The number of fused-ring (bicyclic) bond motifs is 1. The molecule has 2 fully saturated rings. The van der Waals surface area contributed by atoms with E-state index in [9.17, 15) is 4.79 Å². The molecule has 3 aromatic rings. The predicted octanol–water partition coefficient (Wildman–Crippen LogP) is 3.95. The number of ether oxygens (including phenoxy) is 1. The second-order valence-electron chi connectivity index (χ2n) is 9.95. The minimum Gasteiger partial charge on any atom is -0.378 e. The maximum absolute atomic E-state index is 13.1. The highest BCUT2D eigenvalue weighted by Gasteiger charge is 2.41. The summed E-state index contributed by atoms with van der Waals surface area (Å²) in [4.78, 5) is 31.9. The van der Waals surface area contributed by atoms with Gasteiger partial charge in [0.1, 0.15) is 10.8 Å². The number of halogens is 1. The van der Waals surface area contributed by atoms with Crippen molar-refractivity contribution in [1.82, 2.24) is 24.4 Å². The number of likely N-dealkylation sites (N-methyl/N-ethyl adjacent to an activating group) is 1. The lowest BCUT2D eigenvalue weighted by Crippen LogP contribution is -2.41. The van der Waals surface area contributed by atoms with Crippen LogP contribution in [0.2, 0.25) is 5.02 Å². The lowest BCUT2D eigenvalue weighted by Gasteiger charge is -2.38. The van der Waals surface area contributed by atoms with Crippen molar-refractivity contribution in [2.45, 2.75) is 48.8 Å². The van der Waals surface area contributed by atoms with Gasteiger partial charge in [0.25, 0.3) is 5.56 Å². The van der Waals surface area contributed by atoms with Gasteiger partial charge in [-0.2, -0.15) is 0 Å². The average molecular weight is 515 g/mol. The SMILES string of the molecule is C[C@H]1CC2(CCN(c3cnc(Sc4ccc5ncn(CCN(C)C)c(=O)c5c4Cl)cn3)CC2)CO1. The van der Waals surface area contributed by atoms with Gasteiger partial charge in [-0.3, -0.25) is 9.36 Å². The average Bonchev–Trinajstić information content (AvgIpc) is 3.21. The Hall–Kier alpha value is -2.20. The molecule has 0 N–H and O–H groups in total. The molecule has 0 radical (unpaired) electrons. The van der Waals surface area contributed by atoms with Crippen LogP contribution in [0.3, 0.4) is 0 Å². The molecular weight excluding hydrogens is 484 g/mol. The summed E-state index contributed by atoms with van der Waals surface area (Å²) in [7, 11) is 3.95. The zero-order valence-corrected chi connectivity index (χ0v) is 22.0. The quantitative estimate of drug-likeness (QED) is 0.489. The minimum atomic E-state index is -0.129. The van der Waals surface area contributed by atoms with Crippen molar-refractivity contribution < 1.29 is 4.74 Å². The van der Waals surface area contributed by atoms with Crippen LogP contribution >= 0.6 is 23.4 Å². The summed E-state index contributed by atoms with van der Waals surface area (Å²) in [5, 5.41) is 1.58. The fourth-order valence-corrected chi connectivity index (χ4v) is 6.10. The molecule has 1 atom stereocenters. The van der Waals surface area contributed by atoms with Gasteiger partial charge in [-0.1, -0.05) is 23.4 Å². The highest BCUT2D eigenvalue weighted by Crippen LogP contribution is 2.42. The van der Waals surface area contributed by atoms with Crippen LogP contribution in [-0.2, 0) is 11.3 Å². The summed E-state index contributed by atoms with van der Waals surface area (Å²) in [5.74, 6) is 0.897. The van der Waals surface area contributed by atoms with Gasteiger partial charge in [0.15, 0.2) is 0 Å². The van der Waals surface area contributed by atoms with Crippen LogP contribution in [0.1, 0.15) is 26.2 Å². The highest BCUT2D eigenvalue weighted by molar-refractivity contribution is 7.99. The largest absolute Gasteiger partial charge is 0.378 e. The van der Waals surface area contributed by atoms with Gasteiger partial charge >= 0.3 is 0 Å². The van der Waals surface area contributed by atoms with Gasteiger partial charge in [-0.25, -0.2) is 15.0 Å². The van der Waals surface area contributed by atoms with Crippen LogP contribution in [0.25, 0.3) is 10.9 Å². The number of aromatic nitrogens is 4. The van der Waals surface area contributed by atoms with Crippen LogP contribution in [0.15, 0.2) is 45.6 Å². The molecule has 8 nitrogen and oxygen atoms in total. The molecule has 10 heteroatoms. The Morgan fingerprint density at radius 2 is 2.00 bits per heavy atom. The zero-order valence-electron chi connectivity index (χ0n) is 20.4. The van der Waals surface area contributed by atoms with Gasteiger partial charge in [-0.15, -0.1) is 0 Å². The van der Waals surface area contributed by atoms with Crippen molar-refractivity contribution in [1.29, 1.82) is 0 Å². The van der Waals surface area contributed by atoms with E-state index in [0.717, 1.165) is 61.2 Å². The molecule has 0 bridgehead atoms. The molecule has 1 spiro atoms. The lowest BCUT2D eigenvalue weighted by molar-refractivity contribution is 0.0976. The van der Waals surface area contributed by atoms with Crippen molar-refractivity contribution in [3.8, 4) is 0 Å². The fraction of sp³-hybridized carbons (Fsp3) is 0.520. The van der Waals surface area contributed by atoms with Gasteiger partial charge in [0, 0.05) is 31.1 Å². The molecule has 0 aliphatic carbocycles. The molecule has 2 aliphatic rings. The molecule has 186 valence electrons. The van der Waals surface area contributed by atoms with Gasteiger partial charge < -0.3 is 14.5 Å². The van der Waals surface area contributed by atoms with Crippen molar-refractivity contribution in [3.05, 3.63) is 46.2 Å². The van der Waals surface area contributed by atoms with Crippen molar-refractivity contribution in [3.63, 3.8) is 0 Å². The second-order valence-corrected chi connectivity index (χ2v) is 11.4. The first-order valence-corrected chi connectivity index (χ1v) is 13.2. The summed E-state index contributed by atoms with van der Waals surface area (Å²) in [5.41, 5.74) is 0.804. The van der Waals surface area contributed by atoms with Crippen molar-refractivity contribution in [2.75, 3.05) is 45.2 Å². The normalized spacial score (nSPS) is 19.8. The van der Waals surface area contributed by atoms with E-state index in [0.29, 0.717) is 34.0 Å². The third-order valence-electron chi connectivity index (χ3n) is 7.06. The fourth-order valence-electron chi connectivity index (χ4n) is 4.97. The molecule has 2 saturated heterocycles. The monoisotopic (exact) mass is 514 g/mol. The Bertz CT molecular complexity index is 1260. The summed E-state index contributed by atoms with van der Waals surface area (Å²) in [6, 6.07) is 3.72.